The third-order valence-electron chi connectivity index (χ3n) is 2.03. The van der Waals surface area contributed by atoms with Crippen LogP contribution in [0.2, 0.25) is 0 Å². The van der Waals surface area contributed by atoms with Gasteiger partial charge < -0.3 is 10.6 Å². The van der Waals surface area contributed by atoms with Gasteiger partial charge in [0.05, 0.1) is 16.8 Å². The maximum absolute atomic E-state index is 12.6. The molecule has 1 aromatic rings. The van der Waals surface area contributed by atoms with Crippen LogP contribution in [0.1, 0.15) is 22.8 Å². The highest BCUT2D eigenvalue weighted by atomic mass is 19.4. The molecule has 0 aliphatic rings. The highest BCUT2D eigenvalue weighted by Crippen LogP contribution is 2.32. The Morgan fingerprint density at radius 3 is 2.56 bits per heavy atom. The van der Waals surface area contributed by atoms with Crippen molar-refractivity contribution in [1.29, 1.82) is 0 Å². The average molecular weight is 260 g/mol. The monoisotopic (exact) mass is 260 g/mol. The lowest BCUT2D eigenvalue weighted by Gasteiger charge is -2.10. The molecule has 0 fully saturated rings. The van der Waals surface area contributed by atoms with Gasteiger partial charge in [0.2, 0.25) is 0 Å². The van der Waals surface area contributed by atoms with Gasteiger partial charge >= 0.3 is 12.1 Å². The van der Waals surface area contributed by atoms with Gasteiger partial charge in [0.15, 0.2) is 0 Å². The van der Waals surface area contributed by atoms with E-state index in [2.05, 4.69) is 9.99 Å². The number of benzene rings is 1. The molecule has 2 N–H and O–H groups in total. The molecule has 0 saturated heterocycles. The van der Waals surface area contributed by atoms with Gasteiger partial charge in [-0.2, -0.15) is 13.2 Å². The van der Waals surface area contributed by atoms with Gasteiger partial charge in [-0.1, -0.05) is 17.3 Å². The maximum Gasteiger partial charge on any atom is 0.417 e. The van der Waals surface area contributed by atoms with Crippen molar-refractivity contribution in [3.8, 4) is 0 Å². The van der Waals surface area contributed by atoms with E-state index in [1.54, 1.807) is 0 Å². The van der Waals surface area contributed by atoms with E-state index in [1.807, 2.05) is 0 Å². The van der Waals surface area contributed by atoms with Crippen LogP contribution in [-0.4, -0.2) is 18.2 Å². The first-order valence-electron chi connectivity index (χ1n) is 4.97. The summed E-state index contributed by atoms with van der Waals surface area (Å²) in [5, 5.41) is 3.32. The number of hydrogen-bond acceptors (Lipinski definition) is 4. The predicted molar refractivity (Wildman–Crippen MR) is 59.0 cm³/mol. The molecule has 0 unspecified atom stereocenters. The third-order valence-corrected chi connectivity index (χ3v) is 2.03. The first kappa shape index (κ1) is 14.2. The Kier molecular flexibility index (Phi) is 4.43. The lowest BCUT2D eigenvalue weighted by molar-refractivity contribution is -0.138. The molecule has 0 aromatic heterocycles. The van der Waals surface area contributed by atoms with Crippen LogP contribution in [0.5, 0.6) is 0 Å². The normalized spacial score (nSPS) is 12.4. The molecule has 7 heteroatoms. The number of rotatable bonds is 3. The summed E-state index contributed by atoms with van der Waals surface area (Å²) in [6, 6.07) is 4.33. The SMILES string of the molecule is CC(CN)=NOC(=O)c1ccccc1C(F)(F)F. The number of carbonyl (C=O) groups is 1. The summed E-state index contributed by atoms with van der Waals surface area (Å²) >= 11 is 0. The third kappa shape index (κ3) is 3.56. The first-order chi connectivity index (χ1) is 8.36. The van der Waals surface area contributed by atoms with E-state index in [-0.39, 0.29) is 6.54 Å². The fourth-order valence-corrected chi connectivity index (χ4v) is 1.11. The molecule has 1 aromatic carbocycles. The molecule has 0 spiro atoms. The molecule has 0 saturated carbocycles. The minimum Gasteiger partial charge on any atom is -0.325 e. The fourth-order valence-electron chi connectivity index (χ4n) is 1.11. The Bertz CT molecular complexity index is 470. The van der Waals surface area contributed by atoms with E-state index in [1.165, 1.54) is 19.1 Å². The van der Waals surface area contributed by atoms with Crippen LogP contribution in [0.4, 0.5) is 13.2 Å². The van der Waals surface area contributed by atoms with Gasteiger partial charge in [-0.3, -0.25) is 0 Å². The number of nitrogens with two attached hydrogens (primary N) is 1. The van der Waals surface area contributed by atoms with Crippen LogP contribution >= 0.6 is 0 Å². The second-order valence-corrected chi connectivity index (χ2v) is 3.45. The first-order valence-corrected chi connectivity index (χ1v) is 4.97. The second kappa shape index (κ2) is 5.63. The number of nitrogens with zero attached hydrogens (tertiary/aromatic N) is 1. The van der Waals surface area contributed by atoms with Crippen molar-refractivity contribution in [2.45, 2.75) is 13.1 Å². The molecule has 0 atom stereocenters. The van der Waals surface area contributed by atoms with Crippen LogP contribution in [0, 0.1) is 0 Å². The van der Waals surface area contributed by atoms with Crippen molar-refractivity contribution in [2.24, 2.45) is 10.9 Å². The molecule has 0 heterocycles. The Labute approximate surface area is 101 Å². The zero-order valence-electron chi connectivity index (χ0n) is 9.49. The number of halogens is 3. The van der Waals surface area contributed by atoms with Gasteiger partial charge in [0, 0.05) is 6.54 Å². The van der Waals surface area contributed by atoms with Crippen LogP contribution in [0.3, 0.4) is 0 Å². The van der Waals surface area contributed by atoms with Crippen LogP contribution in [0.15, 0.2) is 29.4 Å². The topological polar surface area (TPSA) is 64.7 Å². The lowest BCUT2D eigenvalue weighted by Crippen LogP contribution is -2.15. The highest BCUT2D eigenvalue weighted by Gasteiger charge is 2.35. The van der Waals surface area contributed by atoms with Gasteiger partial charge in [0.1, 0.15) is 0 Å². The van der Waals surface area contributed by atoms with Crippen molar-refractivity contribution in [1.82, 2.24) is 0 Å². The molecule has 0 amide bonds. The largest absolute Gasteiger partial charge is 0.417 e. The molecule has 0 bridgehead atoms. The van der Waals surface area contributed by atoms with Gasteiger partial charge in [-0.25, -0.2) is 4.79 Å². The molecule has 0 aliphatic heterocycles. The van der Waals surface area contributed by atoms with Crippen molar-refractivity contribution in [3.63, 3.8) is 0 Å². The van der Waals surface area contributed by atoms with Crippen LogP contribution < -0.4 is 5.73 Å². The molecule has 98 valence electrons. The molecular formula is C11H11F3N2O2. The number of carbonyl (C=O) groups excluding carboxylic acids is 1. The van der Waals surface area contributed by atoms with Crippen molar-refractivity contribution >= 4 is 11.7 Å². The quantitative estimate of drug-likeness (QED) is 0.514. The number of alkyl halides is 3. The fraction of sp³-hybridized carbons (Fsp3) is 0.273. The summed E-state index contributed by atoms with van der Waals surface area (Å²) in [5.41, 5.74) is 3.85. The summed E-state index contributed by atoms with van der Waals surface area (Å²) in [7, 11) is 0. The summed E-state index contributed by atoms with van der Waals surface area (Å²) in [6.45, 7) is 1.54. The van der Waals surface area contributed by atoms with E-state index >= 15 is 0 Å². The lowest BCUT2D eigenvalue weighted by atomic mass is 10.1. The molecule has 4 nitrogen and oxygen atoms in total. The number of oxime groups is 1. The van der Waals surface area contributed by atoms with E-state index in [0.29, 0.717) is 5.71 Å². The van der Waals surface area contributed by atoms with Gasteiger partial charge in [-0.15, -0.1) is 0 Å². The zero-order chi connectivity index (χ0) is 13.8. The molecule has 0 aliphatic carbocycles. The predicted octanol–water partition coefficient (Wildman–Crippen LogP) is 2.20. The van der Waals surface area contributed by atoms with E-state index in [4.69, 9.17) is 5.73 Å². The second-order valence-electron chi connectivity index (χ2n) is 3.45. The summed E-state index contributed by atoms with van der Waals surface area (Å²) in [6.07, 6.45) is -4.62. The van der Waals surface area contributed by atoms with Crippen molar-refractivity contribution in [3.05, 3.63) is 35.4 Å². The Morgan fingerprint density at radius 1 is 1.39 bits per heavy atom. The Hall–Kier alpha value is -1.89. The van der Waals surface area contributed by atoms with Gasteiger partial charge in [0.25, 0.3) is 0 Å². The Balaban J connectivity index is 3.00. The summed E-state index contributed by atoms with van der Waals surface area (Å²) in [5.74, 6) is -1.17. The van der Waals surface area contributed by atoms with Crippen molar-refractivity contribution in [2.75, 3.05) is 6.54 Å². The smallest absolute Gasteiger partial charge is 0.325 e. The van der Waals surface area contributed by atoms with Crippen LogP contribution in [0.25, 0.3) is 0 Å². The maximum atomic E-state index is 12.6. The van der Waals surface area contributed by atoms with Gasteiger partial charge in [-0.05, 0) is 19.1 Å². The van der Waals surface area contributed by atoms with Crippen LogP contribution in [-0.2, 0) is 11.0 Å². The standard InChI is InChI=1S/C11H11F3N2O2/c1-7(6-15)16-18-10(17)8-4-2-3-5-9(8)11(12,13)14/h2-5H,6,15H2,1H3. The highest BCUT2D eigenvalue weighted by molar-refractivity contribution is 5.92. The van der Waals surface area contributed by atoms with E-state index in [9.17, 15) is 18.0 Å². The average Bonchev–Trinajstić information content (AvgIpc) is 2.34. The number of hydrogen-bond donors (Lipinski definition) is 1. The molecular weight excluding hydrogens is 249 g/mol. The van der Waals surface area contributed by atoms with E-state index in [0.717, 1.165) is 12.1 Å². The summed E-state index contributed by atoms with van der Waals surface area (Å²) < 4.78 is 37.8. The summed E-state index contributed by atoms with van der Waals surface area (Å²) in [4.78, 5) is 15.8. The minimum absolute atomic E-state index is 0.0498. The zero-order valence-corrected chi connectivity index (χ0v) is 9.49. The Morgan fingerprint density at radius 2 is 2.00 bits per heavy atom. The van der Waals surface area contributed by atoms with E-state index < -0.39 is 23.3 Å². The molecule has 1 rings (SSSR count). The van der Waals surface area contributed by atoms with Crippen molar-refractivity contribution < 1.29 is 22.8 Å². The molecule has 0 radical (unpaired) electrons. The molecule has 18 heavy (non-hydrogen) atoms. The minimum atomic E-state index is -4.62.